The fraction of sp³-hybridized carbons (Fsp3) is 0.493. The minimum absolute atomic E-state index is 0.00835. The van der Waals surface area contributed by atoms with Crippen LogP contribution in [0.1, 0.15) is 99.4 Å². The maximum Gasteiger partial charge on any atom is 0.306 e. The smallest absolute Gasteiger partial charge is 0.306 e. The number of nitrogens with one attached hydrogen (secondary N) is 5. The summed E-state index contributed by atoms with van der Waals surface area (Å²) in [6, 6.07) is 16.9. The molecule has 6 aromatic rings. The first-order valence-electron chi connectivity index (χ1n) is 32.1. The number of thiazole rings is 1. The molecule has 7 heterocycles. The highest BCUT2D eigenvalue weighted by molar-refractivity contribution is 7.90. The molecule has 28 heteroatoms. The number of alkyl halides is 1. The molecule has 0 aliphatic carbocycles. The predicted octanol–water partition coefficient (Wildman–Crippen LogP) is 6.94. The fourth-order valence-corrected chi connectivity index (χ4v) is 14.7. The zero-order valence-electron chi connectivity index (χ0n) is 54.3. The Balaban J connectivity index is 0.714. The summed E-state index contributed by atoms with van der Waals surface area (Å²) < 4.78 is 89.9. The standard InChI is InChI=1S/C67H83F3N12O11S2/c1-41(43-7-9-45(10-8-43)62-42(2)74-40-94-62)75-65(87)55-34-50(93-58(85)18-17-56(83)71-22-30-92-32-31-91-6)38-82(55)66(88)63(67(3,4)5)76-57(84)39-78-23-20-49(21-24-78)80-28-26-79(27-29-80)48-13-11-44(12-14-48)46-33-51-52(36-73-64(51)72-35-46)61(86)59-53(69)15-16-54(60(59)70)77-95(89,90)81-25-19-47(68)37-81/h7-16,33,35-36,40-41,47,49-50,55,63,77H,17-32,34,37-39H2,1-6H3,(H,71,83)(H,72,73)(H,75,87)(H,76,84)/t41-,47+,50+,55-,63+/m0/s1. The van der Waals surface area contributed by atoms with E-state index in [2.05, 4.69) is 45.6 Å². The molecule has 0 radical (unpaired) electrons. The van der Waals surface area contributed by atoms with Gasteiger partial charge in [-0.05, 0) is 85.5 Å². The van der Waals surface area contributed by atoms with Crippen molar-refractivity contribution in [3.63, 3.8) is 0 Å². The number of carbonyl (C=O) groups excluding carboxylic acids is 6. The molecule has 4 amide bonds. The van der Waals surface area contributed by atoms with Gasteiger partial charge in [-0.25, -0.2) is 23.1 Å². The van der Waals surface area contributed by atoms with E-state index in [1.807, 2.05) is 87.9 Å². The average Bonchev–Trinajstić information content (AvgIpc) is 1.73. The van der Waals surface area contributed by atoms with Gasteiger partial charge in [-0.2, -0.15) is 12.7 Å². The number of piperidine rings is 1. The Labute approximate surface area is 555 Å². The third-order valence-corrected chi connectivity index (χ3v) is 20.5. The topological polar surface area (TPSA) is 270 Å². The summed E-state index contributed by atoms with van der Waals surface area (Å²) in [6.45, 7) is 14.7. The number of hydrogen-bond acceptors (Lipinski definition) is 17. The highest BCUT2D eigenvalue weighted by Gasteiger charge is 2.47. The fourth-order valence-electron chi connectivity index (χ4n) is 12.6. The van der Waals surface area contributed by atoms with Crippen molar-refractivity contribution in [3.8, 4) is 21.6 Å². The molecule has 4 saturated heterocycles. The van der Waals surface area contributed by atoms with Gasteiger partial charge in [0, 0.05) is 119 Å². The number of halogens is 3. The molecule has 4 aliphatic heterocycles. The normalized spacial score (nSPS) is 19.2. The van der Waals surface area contributed by atoms with E-state index in [1.165, 1.54) is 11.1 Å². The number of nitrogens with zero attached hydrogens (tertiary/aromatic N) is 7. The number of aromatic amines is 1. The van der Waals surface area contributed by atoms with Crippen LogP contribution < -0.4 is 25.6 Å². The largest absolute Gasteiger partial charge is 0.460 e. The number of ether oxygens (including phenoxy) is 3. The summed E-state index contributed by atoms with van der Waals surface area (Å²) in [5, 5.41) is 9.13. The molecule has 0 bridgehead atoms. The minimum atomic E-state index is -4.39. The monoisotopic (exact) mass is 1350 g/mol. The third kappa shape index (κ3) is 17.2. The van der Waals surface area contributed by atoms with E-state index in [4.69, 9.17) is 14.2 Å². The Hall–Kier alpha value is -7.86. The van der Waals surface area contributed by atoms with Gasteiger partial charge in [-0.3, -0.25) is 43.3 Å². The van der Waals surface area contributed by atoms with E-state index in [9.17, 15) is 41.6 Å². The number of carbonyl (C=O) groups is 6. The van der Waals surface area contributed by atoms with Gasteiger partial charge in [0.2, 0.25) is 29.4 Å². The van der Waals surface area contributed by atoms with Crippen molar-refractivity contribution in [1.82, 2.24) is 49.9 Å². The SMILES string of the molecule is COCCOCCNC(=O)CCC(=O)O[C@@H]1C[C@@H](C(=O)N[C@@H](C)c2ccc(-c3scnc3C)cc2)N(C(=O)[C@@H](NC(=O)CN2CCC(N3CCN(c4ccc(-c5cnc6[nH]cc(C(=O)c7c(F)ccc(NS(=O)(=O)N8CC[C@@H](F)C8)c7F)c6c5)cc4)CC3)CC2)C(C)(C)C)C1. The Morgan fingerprint density at radius 3 is 2.22 bits per heavy atom. The van der Waals surface area contributed by atoms with Gasteiger partial charge in [0.15, 0.2) is 5.82 Å². The molecule has 5 atom stereocenters. The molecule has 4 aliphatic rings. The molecule has 10 rings (SSSR count). The van der Waals surface area contributed by atoms with Gasteiger partial charge in [0.05, 0.1) is 72.7 Å². The number of aryl methyl sites for hydroxylation is 1. The van der Waals surface area contributed by atoms with Gasteiger partial charge >= 0.3 is 16.2 Å². The van der Waals surface area contributed by atoms with E-state index in [0.29, 0.717) is 48.9 Å². The van der Waals surface area contributed by atoms with Gasteiger partial charge in [0.25, 0.3) is 0 Å². The number of esters is 1. The number of anilines is 2. The Bertz CT molecular complexity index is 3840. The van der Waals surface area contributed by atoms with E-state index in [0.717, 1.165) is 88.4 Å². The second-order valence-electron chi connectivity index (χ2n) is 25.7. The predicted molar refractivity (Wildman–Crippen MR) is 353 cm³/mol. The van der Waals surface area contributed by atoms with Crippen molar-refractivity contribution >= 4 is 79.3 Å². The lowest BCUT2D eigenvalue weighted by Gasteiger charge is -2.43. The number of piperazine rings is 1. The van der Waals surface area contributed by atoms with Crippen LogP contribution in [0.25, 0.3) is 32.6 Å². The number of amides is 4. The first-order valence-corrected chi connectivity index (χ1v) is 34.4. The van der Waals surface area contributed by atoms with E-state index < -0.39 is 99.0 Å². The van der Waals surface area contributed by atoms with Crippen molar-refractivity contribution in [3.05, 3.63) is 119 Å². The highest BCUT2D eigenvalue weighted by atomic mass is 32.2. The van der Waals surface area contributed by atoms with E-state index in [-0.39, 0.29) is 75.8 Å². The Morgan fingerprint density at radius 2 is 1.55 bits per heavy atom. The molecular formula is C67H83F3N12O11S2. The number of fused-ring (bicyclic) bond motifs is 1. The quantitative estimate of drug-likeness (QED) is 0.0209. The van der Waals surface area contributed by atoms with E-state index >= 15 is 8.78 Å². The summed E-state index contributed by atoms with van der Waals surface area (Å²) in [6.07, 6.45) is 2.02. The molecule has 4 fully saturated rings. The number of H-pyrrole nitrogens is 1. The number of methoxy groups -OCH3 is 1. The maximum absolute atomic E-state index is 15.9. The molecule has 5 N–H and O–H groups in total. The van der Waals surface area contributed by atoms with Gasteiger partial charge in [0.1, 0.15) is 35.8 Å². The molecule has 3 aromatic carbocycles. The number of ketones is 1. The van der Waals surface area contributed by atoms with Crippen LogP contribution in [0.2, 0.25) is 0 Å². The first kappa shape index (κ1) is 70.0. The van der Waals surface area contributed by atoms with Gasteiger partial charge in [-0.1, -0.05) is 57.2 Å². The summed E-state index contributed by atoms with van der Waals surface area (Å²) in [5.41, 5.74) is 4.81. The average molecular weight is 1350 g/mol. The Kier molecular flexibility index (Phi) is 22.8. The van der Waals surface area contributed by atoms with Crippen molar-refractivity contribution in [1.29, 1.82) is 0 Å². The lowest BCUT2D eigenvalue weighted by molar-refractivity contribution is -0.150. The van der Waals surface area contributed by atoms with E-state index in [1.54, 1.807) is 36.2 Å². The molecule has 0 spiro atoms. The first-order chi connectivity index (χ1) is 45.4. The molecule has 0 saturated carbocycles. The molecule has 23 nitrogen and oxygen atoms in total. The second-order valence-corrected chi connectivity index (χ2v) is 28.2. The van der Waals surface area contributed by atoms with Crippen LogP contribution in [0.5, 0.6) is 0 Å². The molecular weight excluding hydrogens is 1270 g/mol. The zero-order chi connectivity index (χ0) is 67.7. The molecule has 95 heavy (non-hydrogen) atoms. The molecule has 0 unspecified atom stereocenters. The third-order valence-electron chi connectivity index (χ3n) is 18.0. The van der Waals surface area contributed by atoms with Crippen LogP contribution in [0.4, 0.5) is 24.5 Å². The minimum Gasteiger partial charge on any atom is -0.460 e. The van der Waals surface area contributed by atoms with Crippen LogP contribution in [0.3, 0.4) is 0 Å². The number of likely N-dealkylation sites (tertiary alicyclic amines) is 2. The number of hydrogen-bond donors (Lipinski definition) is 5. The summed E-state index contributed by atoms with van der Waals surface area (Å²) in [7, 11) is -2.83. The van der Waals surface area contributed by atoms with Crippen molar-refractivity contribution in [2.45, 2.75) is 110 Å². The number of rotatable bonds is 26. The zero-order valence-corrected chi connectivity index (χ0v) is 55.9. The maximum atomic E-state index is 15.9. The highest BCUT2D eigenvalue weighted by Crippen LogP contribution is 2.34. The molecule has 510 valence electrons. The lowest BCUT2D eigenvalue weighted by atomic mass is 9.85. The number of pyridine rings is 1. The van der Waals surface area contributed by atoms with Crippen molar-refractivity contribution in [2.75, 3.05) is 109 Å². The number of aromatic nitrogens is 3. The van der Waals surface area contributed by atoms with Gasteiger partial charge in [-0.15, -0.1) is 11.3 Å². The van der Waals surface area contributed by atoms with Crippen LogP contribution in [-0.4, -0.2) is 207 Å². The second kappa shape index (κ2) is 30.9. The number of benzene rings is 3. The lowest BCUT2D eigenvalue weighted by Crippen LogP contribution is -2.59. The van der Waals surface area contributed by atoms with Crippen molar-refractivity contribution in [2.24, 2.45) is 5.41 Å². The molecule has 3 aromatic heterocycles. The summed E-state index contributed by atoms with van der Waals surface area (Å²) in [4.78, 5) is 104. The van der Waals surface area contributed by atoms with Crippen LogP contribution in [0, 0.1) is 24.0 Å². The van der Waals surface area contributed by atoms with Crippen LogP contribution in [-0.2, 0) is 48.4 Å². The summed E-state index contributed by atoms with van der Waals surface area (Å²) >= 11 is 1.54. The van der Waals surface area contributed by atoms with Crippen LogP contribution in [0.15, 0.2) is 84.6 Å². The van der Waals surface area contributed by atoms with Crippen LogP contribution >= 0.6 is 11.3 Å². The Morgan fingerprint density at radius 1 is 0.821 bits per heavy atom. The van der Waals surface area contributed by atoms with Gasteiger partial charge < -0.3 is 44.9 Å². The van der Waals surface area contributed by atoms with Crippen molar-refractivity contribution < 1.29 is 64.6 Å². The summed E-state index contributed by atoms with van der Waals surface area (Å²) in [5.74, 6) is -5.89.